The smallest absolute Gasteiger partial charge is 0.371 e. The van der Waals surface area contributed by atoms with Crippen molar-refractivity contribution in [2.75, 3.05) is 6.61 Å². The lowest BCUT2D eigenvalue weighted by atomic mass is 9.99. The summed E-state index contributed by atoms with van der Waals surface area (Å²) in [5, 5.41) is 58.7. The second kappa shape index (κ2) is 8.21. The van der Waals surface area contributed by atoms with Gasteiger partial charge in [0, 0.05) is 12.1 Å². The second-order valence-electron chi connectivity index (χ2n) is 5.44. The number of ether oxygens (including phenoxy) is 2. The van der Waals surface area contributed by atoms with Crippen LogP contribution in [0.2, 0.25) is 0 Å². The third-order valence-electron chi connectivity index (χ3n) is 3.72. The van der Waals surface area contributed by atoms with Crippen LogP contribution in [0.4, 0.5) is 5.69 Å². The van der Waals surface area contributed by atoms with E-state index in [1.807, 2.05) is 0 Å². The van der Waals surface area contributed by atoms with Crippen molar-refractivity contribution in [3.8, 4) is 0 Å². The molecule has 0 aromatic heterocycles. The van der Waals surface area contributed by atoms with E-state index in [2.05, 4.69) is 0 Å². The highest BCUT2D eigenvalue weighted by Crippen LogP contribution is 2.26. The minimum absolute atomic E-state index is 0.0699. The van der Waals surface area contributed by atoms with Crippen LogP contribution in [0.1, 0.15) is 5.56 Å². The van der Waals surface area contributed by atoms with E-state index in [9.17, 15) is 35.3 Å². The van der Waals surface area contributed by atoms with Crippen LogP contribution >= 0.6 is 0 Å². The minimum Gasteiger partial charge on any atom is -0.475 e. The molecule has 1 aliphatic heterocycles. The van der Waals surface area contributed by atoms with Gasteiger partial charge in [-0.1, -0.05) is 12.1 Å². The van der Waals surface area contributed by atoms with Crippen molar-refractivity contribution in [1.29, 1.82) is 0 Å². The quantitative estimate of drug-likeness (QED) is 0.177. The molecule has 0 spiro atoms. The molecule has 0 radical (unpaired) electrons. The maximum Gasteiger partial charge on any atom is 0.371 e. The molecule has 1 fully saturated rings. The van der Waals surface area contributed by atoms with Crippen molar-refractivity contribution >= 4 is 17.7 Å². The van der Waals surface area contributed by atoms with Crippen molar-refractivity contribution < 1.29 is 44.7 Å². The minimum atomic E-state index is -1.82. The first kappa shape index (κ1) is 19.8. The number of carboxylic acid groups (broad SMARTS) is 1. The van der Waals surface area contributed by atoms with Gasteiger partial charge in [-0.2, -0.15) is 0 Å². The van der Waals surface area contributed by atoms with Gasteiger partial charge in [-0.25, -0.2) is 4.79 Å². The van der Waals surface area contributed by atoms with E-state index in [1.165, 1.54) is 24.3 Å². The summed E-state index contributed by atoms with van der Waals surface area (Å²) in [7, 11) is 0. The summed E-state index contributed by atoms with van der Waals surface area (Å²) in [6.07, 6.45) is -7.37. The Hall–Kier alpha value is -2.57. The van der Waals surface area contributed by atoms with Gasteiger partial charge in [0.2, 0.25) is 12.0 Å². The van der Waals surface area contributed by atoms with Crippen molar-refractivity contribution in [2.24, 2.45) is 0 Å². The van der Waals surface area contributed by atoms with Crippen LogP contribution in [0.15, 0.2) is 30.0 Å². The number of nitrogens with zero attached hydrogens (tertiary/aromatic N) is 1. The average Bonchev–Trinajstić information content (AvgIpc) is 2.61. The summed E-state index contributed by atoms with van der Waals surface area (Å²) in [6, 6.07) is 5.30. The summed E-state index contributed by atoms with van der Waals surface area (Å²) >= 11 is 0. The fourth-order valence-corrected chi connectivity index (χ4v) is 2.35. The van der Waals surface area contributed by atoms with Crippen LogP contribution < -0.4 is 0 Å². The van der Waals surface area contributed by atoms with Crippen LogP contribution in [-0.4, -0.2) is 73.7 Å². The van der Waals surface area contributed by atoms with E-state index in [0.29, 0.717) is 0 Å². The van der Waals surface area contributed by atoms with E-state index >= 15 is 0 Å². The van der Waals surface area contributed by atoms with Crippen molar-refractivity contribution in [3.05, 3.63) is 45.7 Å². The van der Waals surface area contributed by atoms with E-state index in [0.717, 1.165) is 6.08 Å². The van der Waals surface area contributed by atoms with Crippen LogP contribution in [0.5, 0.6) is 0 Å². The van der Waals surface area contributed by atoms with Crippen LogP contribution in [-0.2, 0) is 14.3 Å². The highest BCUT2D eigenvalue weighted by atomic mass is 16.7. The number of carboxylic acids is 1. The molecule has 26 heavy (non-hydrogen) atoms. The number of hydrogen-bond donors (Lipinski definition) is 5. The molecule has 2 rings (SSSR count). The van der Waals surface area contributed by atoms with E-state index in [-0.39, 0.29) is 11.3 Å². The maximum absolute atomic E-state index is 11.4. The molecule has 0 aliphatic carbocycles. The average molecular weight is 371 g/mol. The van der Waals surface area contributed by atoms with E-state index in [4.69, 9.17) is 14.6 Å². The van der Waals surface area contributed by atoms with E-state index < -0.39 is 54.0 Å². The highest BCUT2D eigenvalue weighted by Gasteiger charge is 2.45. The predicted octanol–water partition coefficient (Wildman–Crippen LogP) is -1.16. The summed E-state index contributed by atoms with van der Waals surface area (Å²) in [4.78, 5) is 21.7. The molecule has 0 amide bonds. The molecule has 1 aromatic carbocycles. The van der Waals surface area contributed by atoms with Crippen LogP contribution in [0.3, 0.4) is 0 Å². The number of carbonyl (C=O) groups is 1. The molecule has 142 valence electrons. The molecule has 0 saturated carbocycles. The van der Waals surface area contributed by atoms with Crippen molar-refractivity contribution in [2.45, 2.75) is 30.7 Å². The lowest BCUT2D eigenvalue weighted by Crippen LogP contribution is -2.59. The van der Waals surface area contributed by atoms with Gasteiger partial charge < -0.3 is 35.0 Å². The van der Waals surface area contributed by atoms with Crippen molar-refractivity contribution in [1.82, 2.24) is 0 Å². The molecule has 11 nitrogen and oxygen atoms in total. The van der Waals surface area contributed by atoms with Gasteiger partial charge in [0.15, 0.2) is 0 Å². The second-order valence-corrected chi connectivity index (χ2v) is 5.44. The number of aliphatic hydroxyl groups excluding tert-OH is 4. The van der Waals surface area contributed by atoms with Crippen molar-refractivity contribution in [3.63, 3.8) is 0 Å². The first-order chi connectivity index (χ1) is 12.3. The molecule has 1 heterocycles. The van der Waals surface area contributed by atoms with Crippen LogP contribution in [0.25, 0.3) is 6.08 Å². The molecule has 1 saturated heterocycles. The Kier molecular flexibility index (Phi) is 6.23. The standard InChI is InChI=1S/C15H17NO10/c17-6-10-11(18)12(19)13(20)15(26-10)25-9(14(21)22)5-7-3-1-2-4-8(7)16(23)24/h1-5,10-13,15,17-20H,6H2,(H,21,22)/b9-5-/t10-,11+,12+,13-,15-/m0/s1. The SMILES string of the molecule is O=C(O)/C(=C/c1ccccc1[N+](=O)[O-])O[C@H]1O[C@@H](CO)[C@@H](O)[C@@H](O)[C@@H]1O. The summed E-state index contributed by atoms with van der Waals surface area (Å²) in [6.45, 7) is -0.721. The fourth-order valence-electron chi connectivity index (χ4n) is 2.35. The highest BCUT2D eigenvalue weighted by molar-refractivity contribution is 5.90. The molecule has 11 heteroatoms. The maximum atomic E-state index is 11.4. The molecule has 5 atom stereocenters. The normalized spacial score (nSPS) is 29.2. The van der Waals surface area contributed by atoms with Gasteiger partial charge >= 0.3 is 5.97 Å². The summed E-state index contributed by atoms with van der Waals surface area (Å²) < 4.78 is 10.1. The molecule has 0 bridgehead atoms. The lowest BCUT2D eigenvalue weighted by molar-refractivity contribution is -0.385. The molecular formula is C15H17NO10. The van der Waals surface area contributed by atoms with Gasteiger partial charge in [0.1, 0.15) is 24.4 Å². The Bertz CT molecular complexity index is 703. The molecule has 1 aliphatic rings. The number of aliphatic carboxylic acids is 1. The van der Waals surface area contributed by atoms with Gasteiger partial charge in [0.25, 0.3) is 5.69 Å². The Balaban J connectivity index is 2.31. The lowest BCUT2D eigenvalue weighted by Gasteiger charge is -2.39. The Labute approximate surface area is 146 Å². The zero-order valence-electron chi connectivity index (χ0n) is 13.2. The number of nitro groups is 1. The number of nitro benzene ring substituents is 1. The summed E-state index contributed by atoms with van der Waals surface area (Å²) in [5.41, 5.74) is -0.442. The zero-order chi connectivity index (χ0) is 19.4. The fraction of sp³-hybridized carbons (Fsp3) is 0.400. The number of hydrogen-bond acceptors (Lipinski definition) is 9. The molecule has 0 unspecified atom stereocenters. The number of rotatable bonds is 6. The monoisotopic (exact) mass is 371 g/mol. The first-order valence-corrected chi connectivity index (χ1v) is 7.41. The largest absolute Gasteiger partial charge is 0.475 e. The predicted molar refractivity (Wildman–Crippen MR) is 83.6 cm³/mol. The number of para-hydroxylation sites is 1. The molecule has 5 N–H and O–H groups in total. The first-order valence-electron chi connectivity index (χ1n) is 7.41. The van der Waals surface area contributed by atoms with Crippen LogP contribution in [0, 0.1) is 10.1 Å². The molecule has 1 aromatic rings. The van der Waals surface area contributed by atoms with Gasteiger partial charge in [0.05, 0.1) is 17.1 Å². The Morgan fingerprint density at radius 1 is 1.23 bits per heavy atom. The zero-order valence-corrected chi connectivity index (χ0v) is 13.2. The number of benzene rings is 1. The van der Waals surface area contributed by atoms with Gasteiger partial charge in [-0.15, -0.1) is 0 Å². The van der Waals surface area contributed by atoms with Gasteiger partial charge in [-0.05, 0) is 6.07 Å². The Morgan fingerprint density at radius 2 is 1.88 bits per heavy atom. The Morgan fingerprint density at radius 3 is 2.46 bits per heavy atom. The molecular weight excluding hydrogens is 354 g/mol. The third-order valence-corrected chi connectivity index (χ3v) is 3.72. The summed E-state index contributed by atoms with van der Waals surface area (Å²) in [5.74, 6) is -2.41. The third kappa shape index (κ3) is 4.15. The van der Waals surface area contributed by atoms with Gasteiger partial charge in [-0.3, -0.25) is 10.1 Å². The number of aliphatic hydroxyl groups is 4. The topological polar surface area (TPSA) is 180 Å². The van der Waals surface area contributed by atoms with E-state index in [1.54, 1.807) is 0 Å².